The molecule has 5 aliphatic rings. The molecule has 4 fully saturated rings. The van der Waals surface area contributed by atoms with E-state index in [4.69, 9.17) is 0 Å². The summed E-state index contributed by atoms with van der Waals surface area (Å²) in [5.41, 5.74) is 4.50. The van der Waals surface area contributed by atoms with Crippen LogP contribution in [0.25, 0.3) is 10.9 Å². The summed E-state index contributed by atoms with van der Waals surface area (Å²) in [6.45, 7) is 7.63. The number of rotatable bonds is 2. The summed E-state index contributed by atoms with van der Waals surface area (Å²) >= 11 is 0. The predicted molar refractivity (Wildman–Crippen MR) is 106 cm³/mol. The van der Waals surface area contributed by atoms with Crippen molar-refractivity contribution in [3.05, 3.63) is 48.2 Å². The number of hydrogen-bond acceptors (Lipinski definition) is 2. The average Bonchev–Trinajstić information content (AvgIpc) is 3.08. The van der Waals surface area contributed by atoms with E-state index in [0.29, 0.717) is 6.04 Å². The lowest BCUT2D eigenvalue weighted by Crippen LogP contribution is -2.67. The first-order valence-corrected chi connectivity index (χ1v) is 10.6. The van der Waals surface area contributed by atoms with Crippen molar-refractivity contribution in [1.29, 1.82) is 0 Å². The largest absolute Gasteiger partial charge is 0.357 e. The monoisotopic (exact) mass is 347 g/mol. The van der Waals surface area contributed by atoms with Gasteiger partial charge in [-0.2, -0.15) is 0 Å². The van der Waals surface area contributed by atoms with Crippen LogP contribution in [-0.2, 0) is 6.42 Å². The maximum Gasteiger partial charge on any atom is 0.0547 e. The number of nitrogens with one attached hydrogen (secondary N) is 1. The van der Waals surface area contributed by atoms with Crippen LogP contribution in [0.3, 0.4) is 0 Å². The predicted octanol–water partition coefficient (Wildman–Crippen LogP) is 4.13. The summed E-state index contributed by atoms with van der Waals surface area (Å²) in [5.74, 6) is 1.65. The number of H-pyrrole nitrogens is 1. The van der Waals surface area contributed by atoms with Crippen LogP contribution >= 0.6 is 0 Å². The van der Waals surface area contributed by atoms with Crippen LogP contribution in [0.2, 0.25) is 0 Å². The fraction of sp³-hybridized carbons (Fsp3) is 0.565. The maximum atomic E-state index is 4.04. The fourth-order valence-corrected chi connectivity index (χ4v) is 7.13. The molecule has 2 bridgehead atoms. The minimum absolute atomic E-state index is 0.608. The zero-order chi connectivity index (χ0) is 17.3. The van der Waals surface area contributed by atoms with Gasteiger partial charge in [-0.25, -0.2) is 0 Å². The molecule has 1 aromatic heterocycles. The molecule has 0 spiro atoms. The van der Waals surface area contributed by atoms with E-state index < -0.39 is 0 Å². The van der Waals surface area contributed by atoms with Crippen LogP contribution in [0.1, 0.15) is 43.0 Å². The highest BCUT2D eigenvalue weighted by Crippen LogP contribution is 2.56. The van der Waals surface area contributed by atoms with Crippen molar-refractivity contribution in [2.75, 3.05) is 19.6 Å². The first-order chi connectivity index (χ1) is 12.9. The number of piperidine rings is 3. The number of aromatic amines is 1. The SMILES string of the molecule is C=CCN1CCC[C@@H]2[C@H]1[C@H]1CC[C@H]2N2CCc3c([nH]c4ccccc34)[C@@H]12. The number of fused-ring (bicyclic) bond motifs is 4. The molecule has 3 saturated heterocycles. The van der Waals surface area contributed by atoms with E-state index in [9.17, 15) is 0 Å². The van der Waals surface area contributed by atoms with E-state index in [1.807, 2.05) is 0 Å². The Kier molecular flexibility index (Phi) is 3.40. The Morgan fingerprint density at radius 1 is 1.12 bits per heavy atom. The molecule has 1 saturated carbocycles. The van der Waals surface area contributed by atoms with Crippen LogP contribution in [0.5, 0.6) is 0 Å². The molecule has 3 heteroatoms. The van der Waals surface area contributed by atoms with E-state index in [-0.39, 0.29) is 0 Å². The minimum atomic E-state index is 0.608. The molecule has 1 N–H and O–H groups in total. The van der Waals surface area contributed by atoms with Crippen molar-refractivity contribution < 1.29 is 0 Å². The molecule has 2 aromatic rings. The summed E-state index contributed by atoms with van der Waals surface area (Å²) in [7, 11) is 0. The third-order valence-corrected chi connectivity index (χ3v) is 7.89. The maximum absolute atomic E-state index is 4.04. The van der Waals surface area contributed by atoms with Gasteiger partial charge < -0.3 is 4.98 Å². The third-order valence-electron chi connectivity index (χ3n) is 7.89. The van der Waals surface area contributed by atoms with Gasteiger partial charge in [-0.05, 0) is 62.1 Å². The Labute approximate surface area is 156 Å². The van der Waals surface area contributed by atoms with Gasteiger partial charge in [0, 0.05) is 41.8 Å². The topological polar surface area (TPSA) is 22.3 Å². The fourth-order valence-electron chi connectivity index (χ4n) is 7.13. The molecule has 26 heavy (non-hydrogen) atoms. The average molecular weight is 348 g/mol. The standard InChI is InChI=1S/C23H29N3/c1-2-12-25-13-5-7-17-20-10-9-18(22(17)25)23-21-16(11-14-26(20)23)15-6-3-4-8-19(15)24-21/h2-4,6,8,17-18,20,22-24H,1,5,7,9-14H2/t17-,18+,20+,22-,23+/m0/s1. The van der Waals surface area contributed by atoms with E-state index in [2.05, 4.69) is 51.7 Å². The minimum Gasteiger partial charge on any atom is -0.357 e. The Hall–Kier alpha value is -1.58. The van der Waals surface area contributed by atoms with Gasteiger partial charge in [0.05, 0.1) is 6.04 Å². The molecule has 5 heterocycles. The molecule has 136 valence electrons. The number of para-hydroxylation sites is 1. The molecule has 4 aliphatic heterocycles. The van der Waals surface area contributed by atoms with Gasteiger partial charge in [0.2, 0.25) is 0 Å². The smallest absolute Gasteiger partial charge is 0.0547 e. The van der Waals surface area contributed by atoms with Gasteiger partial charge in [-0.1, -0.05) is 24.3 Å². The van der Waals surface area contributed by atoms with Gasteiger partial charge in [-0.3, -0.25) is 9.80 Å². The quantitative estimate of drug-likeness (QED) is 0.826. The van der Waals surface area contributed by atoms with Crippen molar-refractivity contribution in [2.24, 2.45) is 11.8 Å². The first-order valence-electron chi connectivity index (χ1n) is 10.6. The highest BCUT2D eigenvalue weighted by molar-refractivity contribution is 5.85. The summed E-state index contributed by atoms with van der Waals surface area (Å²) in [6.07, 6.45) is 8.95. The van der Waals surface area contributed by atoms with Crippen molar-refractivity contribution in [1.82, 2.24) is 14.8 Å². The van der Waals surface area contributed by atoms with Crippen LogP contribution < -0.4 is 0 Å². The zero-order valence-corrected chi connectivity index (χ0v) is 15.5. The molecule has 0 amide bonds. The zero-order valence-electron chi connectivity index (χ0n) is 15.5. The van der Waals surface area contributed by atoms with Gasteiger partial charge in [-0.15, -0.1) is 6.58 Å². The summed E-state index contributed by atoms with van der Waals surface area (Å²) in [5, 5.41) is 1.46. The number of aromatic nitrogens is 1. The third kappa shape index (κ3) is 1.96. The van der Waals surface area contributed by atoms with E-state index in [1.165, 1.54) is 56.1 Å². The Bertz CT molecular complexity index is 852. The van der Waals surface area contributed by atoms with Crippen LogP contribution in [-0.4, -0.2) is 46.5 Å². The van der Waals surface area contributed by atoms with Gasteiger partial charge in [0.25, 0.3) is 0 Å². The first kappa shape index (κ1) is 15.5. The number of nitrogens with zero attached hydrogens (tertiary/aromatic N) is 2. The van der Waals surface area contributed by atoms with E-state index in [1.54, 1.807) is 11.3 Å². The second-order valence-electron chi connectivity index (χ2n) is 8.88. The molecular weight excluding hydrogens is 318 g/mol. The highest BCUT2D eigenvalue weighted by Gasteiger charge is 2.56. The Morgan fingerprint density at radius 3 is 2.96 bits per heavy atom. The number of hydrogen-bond donors (Lipinski definition) is 1. The van der Waals surface area contributed by atoms with E-state index >= 15 is 0 Å². The van der Waals surface area contributed by atoms with Gasteiger partial charge in [0.1, 0.15) is 0 Å². The Balaban J connectivity index is 1.47. The normalized spacial score (nSPS) is 36.5. The van der Waals surface area contributed by atoms with Crippen molar-refractivity contribution in [2.45, 2.75) is 50.2 Å². The van der Waals surface area contributed by atoms with Crippen LogP contribution in [0, 0.1) is 11.8 Å². The van der Waals surface area contributed by atoms with Crippen molar-refractivity contribution in [3.8, 4) is 0 Å². The van der Waals surface area contributed by atoms with Crippen molar-refractivity contribution >= 4 is 10.9 Å². The summed E-state index contributed by atoms with van der Waals surface area (Å²) in [6, 6.07) is 11.1. The lowest BCUT2D eigenvalue weighted by molar-refractivity contribution is -0.130. The van der Waals surface area contributed by atoms with Gasteiger partial charge >= 0.3 is 0 Å². The molecule has 1 aliphatic carbocycles. The lowest BCUT2D eigenvalue weighted by atomic mass is 9.60. The second kappa shape index (κ2) is 5.71. The Morgan fingerprint density at radius 2 is 2.04 bits per heavy atom. The molecule has 3 nitrogen and oxygen atoms in total. The van der Waals surface area contributed by atoms with Gasteiger partial charge in [0.15, 0.2) is 0 Å². The number of likely N-dealkylation sites (tertiary alicyclic amines) is 1. The summed E-state index contributed by atoms with van der Waals surface area (Å²) < 4.78 is 0. The molecule has 5 atom stereocenters. The molecule has 0 radical (unpaired) electrons. The van der Waals surface area contributed by atoms with Crippen LogP contribution in [0.4, 0.5) is 0 Å². The molecular formula is C23H29N3. The molecule has 1 aromatic carbocycles. The lowest BCUT2D eigenvalue weighted by Gasteiger charge is -2.63. The molecule has 7 rings (SSSR count). The van der Waals surface area contributed by atoms with Crippen molar-refractivity contribution in [3.63, 3.8) is 0 Å². The molecule has 0 unspecified atom stereocenters. The summed E-state index contributed by atoms with van der Waals surface area (Å²) in [4.78, 5) is 9.54. The van der Waals surface area contributed by atoms with Crippen LogP contribution in [0.15, 0.2) is 36.9 Å². The van der Waals surface area contributed by atoms with E-state index in [0.717, 1.165) is 30.5 Å². The number of benzene rings is 1. The second-order valence-corrected chi connectivity index (χ2v) is 8.88. The highest BCUT2D eigenvalue weighted by atomic mass is 15.3.